The summed E-state index contributed by atoms with van der Waals surface area (Å²) in [5, 5.41) is 8.98. The molecule has 0 saturated heterocycles. The molecule has 1 rings (SSSR count). The summed E-state index contributed by atoms with van der Waals surface area (Å²) in [5.74, 6) is -0.477. The van der Waals surface area contributed by atoms with Crippen molar-refractivity contribution in [3.8, 4) is 5.75 Å². The molecular weight excluding hydrogens is 270 g/mol. The monoisotopic (exact) mass is 293 g/mol. The van der Waals surface area contributed by atoms with Crippen molar-refractivity contribution in [2.75, 3.05) is 26.7 Å². The molecule has 5 heteroatoms. The molecule has 1 aromatic rings. The van der Waals surface area contributed by atoms with Gasteiger partial charge in [-0.1, -0.05) is 19.1 Å². The van der Waals surface area contributed by atoms with Crippen LogP contribution in [0.2, 0.25) is 0 Å². The number of benzene rings is 1. The van der Waals surface area contributed by atoms with Crippen LogP contribution in [0.1, 0.15) is 19.4 Å². The number of nitrogens with zero attached hydrogens (tertiary/aromatic N) is 1. The topological polar surface area (TPSA) is 66.8 Å². The van der Waals surface area contributed by atoms with Crippen molar-refractivity contribution in [3.05, 3.63) is 29.8 Å². The molecule has 0 aliphatic rings. The van der Waals surface area contributed by atoms with Crippen molar-refractivity contribution in [2.24, 2.45) is 5.92 Å². The molecule has 0 radical (unpaired) electrons. The standard InChI is InChI=1S/C16H23NO4/c1-12(16(19)20)10-17(11-13(2)18)9-8-14-4-6-15(21-3)7-5-14/h4-7,12H,8-11H2,1-3H3,(H,19,20). The third kappa shape index (κ3) is 6.40. The van der Waals surface area contributed by atoms with Crippen LogP contribution in [0.4, 0.5) is 0 Å². The van der Waals surface area contributed by atoms with Crippen LogP contribution in [0.15, 0.2) is 24.3 Å². The molecule has 1 unspecified atom stereocenters. The molecule has 5 nitrogen and oxygen atoms in total. The fraction of sp³-hybridized carbons (Fsp3) is 0.500. The zero-order valence-electron chi connectivity index (χ0n) is 12.8. The van der Waals surface area contributed by atoms with Gasteiger partial charge in [-0.2, -0.15) is 0 Å². The van der Waals surface area contributed by atoms with Gasteiger partial charge in [-0.3, -0.25) is 14.5 Å². The third-order valence-corrected chi connectivity index (χ3v) is 3.28. The predicted octanol–water partition coefficient (Wildman–Crippen LogP) is 1.85. The van der Waals surface area contributed by atoms with Crippen LogP contribution in [-0.2, 0) is 16.0 Å². The predicted molar refractivity (Wildman–Crippen MR) is 80.6 cm³/mol. The van der Waals surface area contributed by atoms with Crippen LogP contribution in [0.3, 0.4) is 0 Å². The molecule has 0 aliphatic carbocycles. The number of hydrogen-bond donors (Lipinski definition) is 1. The number of ether oxygens (including phenoxy) is 1. The molecule has 0 aromatic heterocycles. The average Bonchev–Trinajstić information content (AvgIpc) is 2.44. The summed E-state index contributed by atoms with van der Waals surface area (Å²) in [5.41, 5.74) is 1.13. The molecule has 0 amide bonds. The van der Waals surface area contributed by atoms with Crippen LogP contribution in [0.25, 0.3) is 0 Å². The van der Waals surface area contributed by atoms with E-state index in [2.05, 4.69) is 0 Å². The molecule has 21 heavy (non-hydrogen) atoms. The lowest BCUT2D eigenvalue weighted by Crippen LogP contribution is -2.36. The second kappa shape index (κ2) is 8.42. The van der Waals surface area contributed by atoms with E-state index >= 15 is 0 Å². The van der Waals surface area contributed by atoms with Crippen LogP contribution >= 0.6 is 0 Å². The number of methoxy groups -OCH3 is 1. The first-order chi connectivity index (χ1) is 9.92. The van der Waals surface area contributed by atoms with Gasteiger partial charge < -0.3 is 9.84 Å². The molecule has 1 atom stereocenters. The third-order valence-electron chi connectivity index (χ3n) is 3.28. The van der Waals surface area contributed by atoms with Gasteiger partial charge in [-0.15, -0.1) is 0 Å². The summed E-state index contributed by atoms with van der Waals surface area (Å²) in [7, 11) is 1.62. The van der Waals surface area contributed by atoms with Crippen molar-refractivity contribution >= 4 is 11.8 Å². The minimum atomic E-state index is -0.840. The van der Waals surface area contributed by atoms with Crippen molar-refractivity contribution in [1.82, 2.24) is 4.90 Å². The molecule has 0 spiro atoms. The lowest BCUT2D eigenvalue weighted by Gasteiger charge is -2.23. The summed E-state index contributed by atoms with van der Waals surface area (Å²) in [6.07, 6.45) is 0.767. The van der Waals surface area contributed by atoms with E-state index in [-0.39, 0.29) is 12.3 Å². The molecule has 0 heterocycles. The summed E-state index contributed by atoms with van der Waals surface area (Å²) >= 11 is 0. The minimum absolute atomic E-state index is 0.0438. The Hall–Kier alpha value is -1.88. The lowest BCUT2D eigenvalue weighted by atomic mass is 10.1. The Kier molecular flexibility index (Phi) is 6.88. The van der Waals surface area contributed by atoms with Gasteiger partial charge in [0.25, 0.3) is 0 Å². The maximum absolute atomic E-state index is 11.3. The Bertz CT molecular complexity index is 470. The summed E-state index contributed by atoms with van der Waals surface area (Å²) < 4.78 is 5.11. The fourth-order valence-electron chi connectivity index (χ4n) is 2.09. The van der Waals surface area contributed by atoms with Crippen molar-refractivity contribution in [1.29, 1.82) is 0 Å². The van der Waals surface area contributed by atoms with E-state index in [9.17, 15) is 9.59 Å². The van der Waals surface area contributed by atoms with Gasteiger partial charge in [-0.05, 0) is 31.0 Å². The largest absolute Gasteiger partial charge is 0.497 e. The van der Waals surface area contributed by atoms with Crippen molar-refractivity contribution < 1.29 is 19.4 Å². The first-order valence-corrected chi connectivity index (χ1v) is 7.00. The number of carboxylic acids is 1. The maximum atomic E-state index is 11.3. The van der Waals surface area contributed by atoms with E-state index < -0.39 is 11.9 Å². The second-order valence-electron chi connectivity index (χ2n) is 5.27. The quantitative estimate of drug-likeness (QED) is 0.752. The molecule has 1 N–H and O–H groups in total. The smallest absolute Gasteiger partial charge is 0.307 e. The highest BCUT2D eigenvalue weighted by molar-refractivity contribution is 5.77. The zero-order valence-corrected chi connectivity index (χ0v) is 12.8. The molecule has 116 valence electrons. The van der Waals surface area contributed by atoms with E-state index in [1.807, 2.05) is 29.2 Å². The summed E-state index contributed by atoms with van der Waals surface area (Å²) in [6, 6.07) is 7.74. The van der Waals surface area contributed by atoms with E-state index in [1.54, 1.807) is 14.0 Å². The Morgan fingerprint density at radius 2 is 1.90 bits per heavy atom. The van der Waals surface area contributed by atoms with E-state index in [1.165, 1.54) is 6.92 Å². The minimum Gasteiger partial charge on any atom is -0.497 e. The van der Waals surface area contributed by atoms with Gasteiger partial charge in [-0.25, -0.2) is 0 Å². The molecule has 0 aliphatic heterocycles. The number of aliphatic carboxylic acids is 1. The number of carboxylic acid groups (broad SMARTS) is 1. The highest BCUT2D eigenvalue weighted by Crippen LogP contribution is 2.12. The lowest BCUT2D eigenvalue weighted by molar-refractivity contribution is -0.142. The van der Waals surface area contributed by atoms with Crippen LogP contribution < -0.4 is 4.74 Å². The van der Waals surface area contributed by atoms with Crippen molar-refractivity contribution in [2.45, 2.75) is 20.3 Å². The van der Waals surface area contributed by atoms with Gasteiger partial charge in [0, 0.05) is 13.1 Å². The normalized spacial score (nSPS) is 12.2. The van der Waals surface area contributed by atoms with E-state index in [4.69, 9.17) is 9.84 Å². The summed E-state index contributed by atoms with van der Waals surface area (Å²) in [4.78, 5) is 24.1. The average molecular weight is 293 g/mol. The van der Waals surface area contributed by atoms with Gasteiger partial charge >= 0.3 is 5.97 Å². The van der Waals surface area contributed by atoms with Gasteiger partial charge in [0.15, 0.2) is 0 Å². The van der Waals surface area contributed by atoms with E-state index in [0.717, 1.165) is 17.7 Å². The second-order valence-corrected chi connectivity index (χ2v) is 5.27. The molecule has 1 aromatic carbocycles. The first-order valence-electron chi connectivity index (χ1n) is 7.00. The van der Waals surface area contributed by atoms with Crippen LogP contribution in [0.5, 0.6) is 5.75 Å². The molecule has 0 fully saturated rings. The first kappa shape index (κ1) is 17.2. The number of carbonyl (C=O) groups is 2. The SMILES string of the molecule is COc1ccc(CCN(CC(C)=O)CC(C)C(=O)O)cc1. The van der Waals surface area contributed by atoms with Crippen LogP contribution in [0, 0.1) is 5.92 Å². The molecular formula is C16H23NO4. The van der Waals surface area contributed by atoms with Gasteiger partial charge in [0.1, 0.15) is 11.5 Å². The number of hydrogen-bond acceptors (Lipinski definition) is 4. The number of ketones is 1. The highest BCUT2D eigenvalue weighted by Gasteiger charge is 2.17. The van der Waals surface area contributed by atoms with Crippen molar-refractivity contribution in [3.63, 3.8) is 0 Å². The Balaban J connectivity index is 2.58. The fourth-order valence-corrected chi connectivity index (χ4v) is 2.09. The van der Waals surface area contributed by atoms with E-state index in [0.29, 0.717) is 13.1 Å². The molecule has 0 bridgehead atoms. The number of Topliss-reactive ketones (excluding diaryl/α,β-unsaturated/α-hetero) is 1. The van der Waals surface area contributed by atoms with Crippen LogP contribution in [-0.4, -0.2) is 48.5 Å². The number of carbonyl (C=O) groups excluding carboxylic acids is 1. The van der Waals surface area contributed by atoms with Gasteiger partial charge in [0.2, 0.25) is 0 Å². The summed E-state index contributed by atoms with van der Waals surface area (Å²) in [6.45, 7) is 4.50. The maximum Gasteiger partial charge on any atom is 0.307 e. The highest BCUT2D eigenvalue weighted by atomic mass is 16.5. The molecule has 0 saturated carbocycles. The Morgan fingerprint density at radius 3 is 2.38 bits per heavy atom. The number of rotatable bonds is 9. The van der Waals surface area contributed by atoms with Gasteiger partial charge in [0.05, 0.1) is 19.6 Å². The Labute approximate surface area is 125 Å². The Morgan fingerprint density at radius 1 is 1.29 bits per heavy atom. The zero-order chi connectivity index (χ0) is 15.8.